The number of alkyl halides is 3. The van der Waals surface area contributed by atoms with Crippen LogP contribution >= 0.6 is 0 Å². The van der Waals surface area contributed by atoms with Crippen molar-refractivity contribution in [2.45, 2.75) is 31.5 Å². The minimum atomic E-state index is -4.43. The molecule has 0 aliphatic carbocycles. The Morgan fingerprint density at radius 3 is 2.29 bits per heavy atom. The van der Waals surface area contributed by atoms with Gasteiger partial charge < -0.3 is 10.2 Å². The maximum atomic E-state index is 12.5. The van der Waals surface area contributed by atoms with Crippen molar-refractivity contribution in [3.63, 3.8) is 0 Å². The zero-order chi connectivity index (χ0) is 17.7. The van der Waals surface area contributed by atoms with Crippen molar-refractivity contribution >= 4 is 11.8 Å². The number of benzene rings is 1. The molecule has 0 radical (unpaired) electrons. The second kappa shape index (κ2) is 7.34. The van der Waals surface area contributed by atoms with Gasteiger partial charge in [0.25, 0.3) is 5.91 Å². The molecule has 1 aliphatic heterocycles. The van der Waals surface area contributed by atoms with Gasteiger partial charge in [-0.05, 0) is 37.1 Å². The van der Waals surface area contributed by atoms with Gasteiger partial charge in [-0.2, -0.15) is 18.4 Å². The first-order valence-electron chi connectivity index (χ1n) is 7.44. The van der Waals surface area contributed by atoms with Crippen LogP contribution in [0.1, 0.15) is 35.2 Å². The Morgan fingerprint density at radius 1 is 1.21 bits per heavy atom. The highest BCUT2D eigenvalue weighted by Gasteiger charge is 2.31. The fourth-order valence-electron chi connectivity index (χ4n) is 2.56. The van der Waals surface area contributed by atoms with E-state index in [9.17, 15) is 22.8 Å². The molecule has 1 aromatic rings. The molecule has 1 aromatic carbocycles. The highest BCUT2D eigenvalue weighted by molar-refractivity contribution is 5.94. The molecule has 128 valence electrons. The second-order valence-electron chi connectivity index (χ2n) is 5.54. The summed E-state index contributed by atoms with van der Waals surface area (Å²) in [5.41, 5.74) is -0.590. The van der Waals surface area contributed by atoms with E-state index in [1.165, 1.54) is 12.1 Å². The van der Waals surface area contributed by atoms with Gasteiger partial charge in [0, 0.05) is 24.7 Å². The predicted octanol–water partition coefficient (Wildman–Crippen LogP) is 2.34. The molecule has 0 atom stereocenters. The molecular weight excluding hydrogens is 323 g/mol. The topological polar surface area (TPSA) is 73.2 Å². The molecule has 1 saturated heterocycles. The van der Waals surface area contributed by atoms with Crippen LogP contribution in [0, 0.1) is 11.3 Å². The van der Waals surface area contributed by atoms with E-state index < -0.39 is 11.7 Å². The second-order valence-corrected chi connectivity index (χ2v) is 5.54. The third-order valence-electron chi connectivity index (χ3n) is 3.85. The molecule has 0 spiro atoms. The first kappa shape index (κ1) is 17.8. The molecule has 0 bridgehead atoms. The number of amides is 2. The number of likely N-dealkylation sites (tertiary alicyclic amines) is 1. The van der Waals surface area contributed by atoms with Crippen LogP contribution in [-0.2, 0) is 11.0 Å². The highest BCUT2D eigenvalue weighted by Crippen LogP contribution is 2.29. The number of nitriles is 1. The number of carbonyl (C=O) groups is 2. The normalized spacial score (nSPS) is 15.7. The zero-order valence-corrected chi connectivity index (χ0v) is 12.8. The quantitative estimate of drug-likeness (QED) is 0.919. The van der Waals surface area contributed by atoms with Crippen LogP contribution in [0.4, 0.5) is 13.2 Å². The fraction of sp³-hybridized carbons (Fsp3) is 0.438. The van der Waals surface area contributed by atoms with E-state index >= 15 is 0 Å². The third-order valence-corrected chi connectivity index (χ3v) is 3.85. The standard InChI is InChI=1S/C16H16F3N3O2/c17-16(18,19)12-3-1-11(2-4-12)15(24)22-9-6-13(7-10-22)21-14(23)5-8-20/h1-4,13H,5-7,9-10H2,(H,21,23). The molecule has 24 heavy (non-hydrogen) atoms. The van der Waals surface area contributed by atoms with Crippen LogP contribution in [0.25, 0.3) is 0 Å². The highest BCUT2D eigenvalue weighted by atomic mass is 19.4. The fourth-order valence-corrected chi connectivity index (χ4v) is 2.56. The molecule has 1 aliphatic rings. The number of nitrogens with zero attached hydrogens (tertiary/aromatic N) is 2. The number of hydrogen-bond donors (Lipinski definition) is 1. The van der Waals surface area contributed by atoms with Gasteiger partial charge in [-0.3, -0.25) is 9.59 Å². The van der Waals surface area contributed by atoms with Crippen LogP contribution in [0.15, 0.2) is 24.3 Å². The molecule has 2 amide bonds. The van der Waals surface area contributed by atoms with Crippen molar-refractivity contribution in [1.82, 2.24) is 10.2 Å². The minimum absolute atomic E-state index is 0.0949. The molecule has 8 heteroatoms. The van der Waals surface area contributed by atoms with Gasteiger partial charge in [0.1, 0.15) is 6.42 Å². The van der Waals surface area contributed by atoms with Crippen molar-refractivity contribution < 1.29 is 22.8 Å². The average Bonchev–Trinajstić information content (AvgIpc) is 2.54. The van der Waals surface area contributed by atoms with Crippen molar-refractivity contribution in [2.24, 2.45) is 0 Å². The lowest BCUT2D eigenvalue weighted by atomic mass is 10.0. The van der Waals surface area contributed by atoms with Crippen LogP contribution < -0.4 is 5.32 Å². The maximum absolute atomic E-state index is 12.5. The van der Waals surface area contributed by atoms with Gasteiger partial charge in [-0.1, -0.05) is 0 Å². The minimum Gasteiger partial charge on any atom is -0.352 e. The summed E-state index contributed by atoms with van der Waals surface area (Å²) in [6.45, 7) is 0.800. The molecular formula is C16H16F3N3O2. The summed E-state index contributed by atoms with van der Waals surface area (Å²) in [6.07, 6.45) is -3.54. The number of carbonyl (C=O) groups excluding carboxylic acids is 2. The Bertz CT molecular complexity index is 642. The van der Waals surface area contributed by atoms with Gasteiger partial charge in [-0.25, -0.2) is 0 Å². The summed E-state index contributed by atoms with van der Waals surface area (Å²) >= 11 is 0. The van der Waals surface area contributed by atoms with Gasteiger partial charge in [-0.15, -0.1) is 0 Å². The van der Waals surface area contributed by atoms with E-state index in [-0.39, 0.29) is 29.8 Å². The Kier molecular flexibility index (Phi) is 5.44. The van der Waals surface area contributed by atoms with E-state index in [1.54, 1.807) is 11.0 Å². The summed E-state index contributed by atoms with van der Waals surface area (Å²) in [7, 11) is 0. The lowest BCUT2D eigenvalue weighted by Crippen LogP contribution is -2.46. The van der Waals surface area contributed by atoms with E-state index in [0.29, 0.717) is 25.9 Å². The van der Waals surface area contributed by atoms with Crippen LogP contribution in [0.5, 0.6) is 0 Å². The maximum Gasteiger partial charge on any atom is 0.416 e. The molecule has 0 aromatic heterocycles. The average molecular weight is 339 g/mol. The molecule has 2 rings (SSSR count). The summed E-state index contributed by atoms with van der Waals surface area (Å²) in [5.74, 6) is -0.671. The lowest BCUT2D eigenvalue weighted by molar-refractivity contribution is -0.137. The number of piperidine rings is 1. The van der Waals surface area contributed by atoms with E-state index in [2.05, 4.69) is 5.32 Å². The third kappa shape index (κ3) is 4.47. The van der Waals surface area contributed by atoms with Crippen LogP contribution in [0.2, 0.25) is 0 Å². The van der Waals surface area contributed by atoms with Crippen LogP contribution in [0.3, 0.4) is 0 Å². The molecule has 1 N–H and O–H groups in total. The molecule has 5 nitrogen and oxygen atoms in total. The Balaban J connectivity index is 1.91. The van der Waals surface area contributed by atoms with Gasteiger partial charge >= 0.3 is 6.18 Å². The first-order valence-corrected chi connectivity index (χ1v) is 7.44. The van der Waals surface area contributed by atoms with Crippen molar-refractivity contribution in [1.29, 1.82) is 5.26 Å². The number of rotatable bonds is 3. The summed E-state index contributed by atoms with van der Waals surface area (Å²) in [6, 6.07) is 5.80. The Hall–Kier alpha value is -2.56. The van der Waals surface area contributed by atoms with E-state index in [0.717, 1.165) is 12.1 Å². The van der Waals surface area contributed by atoms with Crippen molar-refractivity contribution in [3.05, 3.63) is 35.4 Å². The largest absolute Gasteiger partial charge is 0.416 e. The molecule has 0 saturated carbocycles. The van der Waals surface area contributed by atoms with Crippen molar-refractivity contribution in [2.75, 3.05) is 13.1 Å². The van der Waals surface area contributed by atoms with Gasteiger partial charge in [0.05, 0.1) is 11.6 Å². The lowest BCUT2D eigenvalue weighted by Gasteiger charge is -2.32. The number of halogens is 3. The Morgan fingerprint density at radius 2 is 1.79 bits per heavy atom. The van der Waals surface area contributed by atoms with E-state index in [4.69, 9.17) is 5.26 Å². The molecule has 0 unspecified atom stereocenters. The Labute approximate surface area is 137 Å². The SMILES string of the molecule is N#CCC(=O)NC1CCN(C(=O)c2ccc(C(F)(F)F)cc2)CC1. The number of nitrogens with one attached hydrogen (secondary N) is 1. The zero-order valence-electron chi connectivity index (χ0n) is 12.8. The summed E-state index contributed by atoms with van der Waals surface area (Å²) < 4.78 is 37.6. The predicted molar refractivity (Wildman–Crippen MR) is 78.7 cm³/mol. The number of hydrogen-bond acceptors (Lipinski definition) is 3. The summed E-state index contributed by atoms with van der Waals surface area (Å²) in [4.78, 5) is 25.2. The smallest absolute Gasteiger partial charge is 0.352 e. The first-order chi connectivity index (χ1) is 11.3. The van der Waals surface area contributed by atoms with E-state index in [1.807, 2.05) is 0 Å². The molecule has 1 fully saturated rings. The van der Waals surface area contributed by atoms with Crippen LogP contribution in [-0.4, -0.2) is 35.8 Å². The monoisotopic (exact) mass is 339 g/mol. The van der Waals surface area contributed by atoms with Crippen molar-refractivity contribution in [3.8, 4) is 6.07 Å². The van der Waals surface area contributed by atoms with Gasteiger partial charge in [0.2, 0.25) is 5.91 Å². The summed E-state index contributed by atoms with van der Waals surface area (Å²) in [5, 5.41) is 11.2. The molecule has 1 heterocycles. The van der Waals surface area contributed by atoms with Gasteiger partial charge in [0.15, 0.2) is 0 Å².